The van der Waals surface area contributed by atoms with E-state index in [4.69, 9.17) is 4.42 Å². The van der Waals surface area contributed by atoms with Gasteiger partial charge in [0.1, 0.15) is 17.6 Å². The van der Waals surface area contributed by atoms with E-state index < -0.39 is 12.0 Å². The van der Waals surface area contributed by atoms with Crippen molar-refractivity contribution in [1.82, 2.24) is 0 Å². The third-order valence-electron chi connectivity index (χ3n) is 6.46. The Kier molecular flexibility index (Phi) is 4.33. The molecule has 0 spiro atoms. The van der Waals surface area contributed by atoms with Crippen LogP contribution in [0.4, 0.5) is 11.4 Å². The summed E-state index contributed by atoms with van der Waals surface area (Å²) in [7, 11) is 0. The molecule has 2 heterocycles. The molecule has 2 aromatic carbocycles. The first-order valence-corrected chi connectivity index (χ1v) is 10.6. The van der Waals surface area contributed by atoms with Gasteiger partial charge in [-0.25, -0.2) is 0 Å². The second-order valence-electron chi connectivity index (χ2n) is 9.45. The van der Waals surface area contributed by atoms with Gasteiger partial charge in [0.05, 0.1) is 34.3 Å². The summed E-state index contributed by atoms with van der Waals surface area (Å²) in [6.45, 7) is 8.26. The third kappa shape index (κ3) is 3.25. The number of Topliss-reactive ketones (excluding diaryl/α,β-unsaturated/α-hetero) is 1. The van der Waals surface area contributed by atoms with Crippen molar-refractivity contribution in [3.8, 4) is 0 Å². The van der Waals surface area contributed by atoms with Gasteiger partial charge in [-0.05, 0) is 54.7 Å². The molecule has 2 N–H and O–H groups in total. The van der Waals surface area contributed by atoms with Crippen LogP contribution in [0.25, 0.3) is 11.0 Å². The monoisotopic (exact) mass is 414 g/mol. The van der Waals surface area contributed by atoms with E-state index in [1.165, 1.54) is 6.26 Å². The molecule has 1 aliphatic heterocycles. The van der Waals surface area contributed by atoms with Crippen molar-refractivity contribution >= 4 is 28.1 Å². The van der Waals surface area contributed by atoms with Crippen LogP contribution in [-0.2, 0) is 4.79 Å². The molecule has 31 heavy (non-hydrogen) atoms. The maximum Gasteiger partial charge on any atom is 0.197 e. The van der Waals surface area contributed by atoms with Crippen LogP contribution in [0.5, 0.6) is 0 Å². The molecule has 0 saturated carbocycles. The lowest BCUT2D eigenvalue weighted by atomic mass is 9.73. The molecular weight excluding hydrogens is 388 g/mol. The SMILES string of the molecule is Cc1cc2c(cc1C)NC(c1coc3ccccc3c1=O)C1C(=O)CC(C)(C)C=C1N2. The van der Waals surface area contributed by atoms with Crippen molar-refractivity contribution in [2.75, 3.05) is 10.6 Å². The van der Waals surface area contributed by atoms with Gasteiger partial charge in [-0.15, -0.1) is 0 Å². The second-order valence-corrected chi connectivity index (χ2v) is 9.45. The van der Waals surface area contributed by atoms with Gasteiger partial charge >= 0.3 is 0 Å². The summed E-state index contributed by atoms with van der Waals surface area (Å²) >= 11 is 0. The Morgan fingerprint density at radius 2 is 1.74 bits per heavy atom. The summed E-state index contributed by atoms with van der Waals surface area (Å²) in [6.07, 6.45) is 4.08. The van der Waals surface area contributed by atoms with Crippen molar-refractivity contribution in [3.63, 3.8) is 0 Å². The average molecular weight is 415 g/mol. The van der Waals surface area contributed by atoms with E-state index in [9.17, 15) is 9.59 Å². The topological polar surface area (TPSA) is 71.3 Å². The minimum Gasteiger partial charge on any atom is -0.464 e. The van der Waals surface area contributed by atoms with Gasteiger partial charge in [0.15, 0.2) is 5.43 Å². The Labute approximate surface area is 181 Å². The molecule has 1 aliphatic carbocycles. The molecule has 2 unspecified atom stereocenters. The first kappa shape index (κ1) is 19.6. The molecule has 0 fully saturated rings. The molecule has 158 valence electrons. The van der Waals surface area contributed by atoms with Gasteiger partial charge in [-0.1, -0.05) is 32.1 Å². The smallest absolute Gasteiger partial charge is 0.197 e. The highest BCUT2D eigenvalue weighted by Crippen LogP contribution is 2.45. The average Bonchev–Trinajstić information content (AvgIpc) is 2.84. The predicted molar refractivity (Wildman–Crippen MR) is 123 cm³/mol. The van der Waals surface area contributed by atoms with E-state index in [2.05, 4.69) is 56.5 Å². The van der Waals surface area contributed by atoms with E-state index in [1.807, 2.05) is 12.1 Å². The fourth-order valence-electron chi connectivity index (χ4n) is 4.78. The number of benzene rings is 2. The van der Waals surface area contributed by atoms with Crippen LogP contribution in [0, 0.1) is 25.2 Å². The molecule has 2 aliphatic rings. The lowest BCUT2D eigenvalue weighted by Crippen LogP contribution is -2.38. The maximum absolute atomic E-state index is 13.4. The number of ketones is 1. The van der Waals surface area contributed by atoms with Gasteiger partial charge < -0.3 is 15.1 Å². The lowest BCUT2D eigenvalue weighted by molar-refractivity contribution is -0.124. The predicted octanol–water partition coefficient (Wildman–Crippen LogP) is 5.49. The molecular formula is C26H26N2O3. The summed E-state index contributed by atoms with van der Waals surface area (Å²) in [5.41, 5.74) is 5.59. The highest BCUT2D eigenvalue weighted by Gasteiger charge is 2.42. The number of anilines is 2. The summed E-state index contributed by atoms with van der Waals surface area (Å²) in [4.78, 5) is 26.8. The molecule has 0 saturated heterocycles. The standard InChI is InChI=1S/C26H26N2O3/c1-14-9-18-19(10-15(14)2)28-24(23-20(27-18)11-26(3,4)12-21(23)29)17-13-31-22-8-6-5-7-16(22)25(17)30/h5-11,13,23-24,27-28H,12H2,1-4H3. The number of para-hydroxylation sites is 1. The van der Waals surface area contributed by atoms with Crippen molar-refractivity contribution in [3.05, 3.63) is 81.3 Å². The van der Waals surface area contributed by atoms with Crippen molar-refractivity contribution in [1.29, 1.82) is 0 Å². The minimum atomic E-state index is -0.522. The van der Waals surface area contributed by atoms with E-state index in [-0.39, 0.29) is 16.6 Å². The van der Waals surface area contributed by atoms with Crippen LogP contribution in [-0.4, -0.2) is 5.78 Å². The zero-order chi connectivity index (χ0) is 21.9. The van der Waals surface area contributed by atoms with Gasteiger partial charge in [0.25, 0.3) is 0 Å². The Bertz CT molecular complexity index is 1320. The number of rotatable bonds is 1. The summed E-state index contributed by atoms with van der Waals surface area (Å²) in [5, 5.41) is 7.56. The van der Waals surface area contributed by atoms with Crippen molar-refractivity contribution in [2.24, 2.45) is 11.3 Å². The largest absolute Gasteiger partial charge is 0.464 e. The number of aryl methyl sites for hydroxylation is 2. The van der Waals surface area contributed by atoms with Crippen LogP contribution in [0.3, 0.4) is 0 Å². The first-order chi connectivity index (χ1) is 14.7. The third-order valence-corrected chi connectivity index (χ3v) is 6.46. The molecule has 5 nitrogen and oxygen atoms in total. The lowest BCUT2D eigenvalue weighted by Gasteiger charge is -2.35. The maximum atomic E-state index is 13.4. The number of carbonyl (C=O) groups excluding carboxylic acids is 1. The Hall–Kier alpha value is -3.34. The highest BCUT2D eigenvalue weighted by molar-refractivity contribution is 5.91. The number of fused-ring (bicyclic) bond motifs is 3. The second kappa shape index (κ2) is 6.84. The van der Waals surface area contributed by atoms with Crippen LogP contribution in [0.15, 0.2) is 63.6 Å². The molecule has 0 bridgehead atoms. The van der Waals surface area contributed by atoms with Crippen LogP contribution in [0.2, 0.25) is 0 Å². The molecule has 2 atom stereocenters. The van der Waals surface area contributed by atoms with Crippen LogP contribution in [0.1, 0.15) is 43.0 Å². The fourth-order valence-corrected chi connectivity index (χ4v) is 4.78. The van der Waals surface area contributed by atoms with Gasteiger partial charge in [-0.3, -0.25) is 9.59 Å². The molecule has 0 radical (unpaired) electrons. The van der Waals surface area contributed by atoms with Gasteiger partial charge in [0, 0.05) is 12.1 Å². The van der Waals surface area contributed by atoms with E-state index in [0.29, 0.717) is 23.0 Å². The Balaban J connectivity index is 1.75. The normalized spacial score (nSPS) is 21.9. The van der Waals surface area contributed by atoms with Crippen LogP contribution < -0.4 is 16.1 Å². The minimum absolute atomic E-state index is 0.108. The van der Waals surface area contributed by atoms with Gasteiger partial charge in [0.2, 0.25) is 0 Å². The fraction of sp³-hybridized carbons (Fsp3) is 0.308. The molecule has 5 rings (SSSR count). The molecule has 5 heteroatoms. The van der Waals surface area contributed by atoms with E-state index in [1.54, 1.807) is 12.1 Å². The summed E-state index contributed by atoms with van der Waals surface area (Å²) in [5.74, 6) is -0.383. The highest BCUT2D eigenvalue weighted by atomic mass is 16.3. The number of carbonyl (C=O) groups is 1. The molecule has 3 aromatic rings. The Morgan fingerprint density at radius 3 is 2.52 bits per heavy atom. The zero-order valence-electron chi connectivity index (χ0n) is 18.2. The molecule has 1 aromatic heterocycles. The zero-order valence-corrected chi connectivity index (χ0v) is 18.2. The number of hydrogen-bond donors (Lipinski definition) is 2. The Morgan fingerprint density at radius 1 is 1.03 bits per heavy atom. The van der Waals surface area contributed by atoms with E-state index >= 15 is 0 Å². The van der Waals surface area contributed by atoms with Gasteiger partial charge in [-0.2, -0.15) is 0 Å². The number of nitrogens with one attached hydrogen (secondary N) is 2. The number of hydrogen-bond acceptors (Lipinski definition) is 5. The quantitative estimate of drug-likeness (QED) is 0.551. The van der Waals surface area contributed by atoms with Crippen molar-refractivity contribution in [2.45, 2.75) is 40.2 Å². The number of allylic oxidation sites excluding steroid dienone is 1. The van der Waals surface area contributed by atoms with Crippen molar-refractivity contribution < 1.29 is 9.21 Å². The first-order valence-electron chi connectivity index (χ1n) is 10.6. The van der Waals surface area contributed by atoms with Crippen LogP contribution >= 0.6 is 0 Å². The molecule has 0 amide bonds. The summed E-state index contributed by atoms with van der Waals surface area (Å²) in [6, 6.07) is 10.9. The van der Waals surface area contributed by atoms with E-state index in [0.717, 1.165) is 28.2 Å². The summed E-state index contributed by atoms with van der Waals surface area (Å²) < 4.78 is 5.81.